The zero-order valence-electron chi connectivity index (χ0n) is 20.0. The average molecular weight is 570 g/mol. The van der Waals surface area contributed by atoms with Gasteiger partial charge in [-0.05, 0) is 39.9 Å². The second kappa shape index (κ2) is 11.1. The maximum atomic E-state index is 13.5. The molecule has 1 heterocycles. The van der Waals surface area contributed by atoms with Crippen molar-refractivity contribution in [2.75, 3.05) is 6.61 Å². The van der Waals surface area contributed by atoms with E-state index < -0.39 is 17.8 Å². The van der Waals surface area contributed by atoms with Gasteiger partial charge in [0, 0.05) is 29.8 Å². The number of halogens is 4. The molecular weight excluding hydrogens is 551 g/mol. The van der Waals surface area contributed by atoms with Gasteiger partial charge in [-0.2, -0.15) is 13.2 Å². The lowest BCUT2D eigenvalue weighted by Gasteiger charge is -2.17. The topological polar surface area (TPSA) is 81.2 Å². The molecular formula is C28H19ClF3N3O3S. The van der Waals surface area contributed by atoms with Crippen molar-refractivity contribution in [3.63, 3.8) is 0 Å². The van der Waals surface area contributed by atoms with Crippen LogP contribution in [0.1, 0.15) is 38.7 Å². The number of carbonyl (C=O) groups is 2. The number of nitrogens with one attached hydrogen (secondary N) is 1. The number of amides is 1. The minimum atomic E-state index is -4.66. The molecule has 1 aliphatic carbocycles. The highest BCUT2D eigenvalue weighted by Gasteiger charge is 2.33. The molecule has 1 amide bonds. The van der Waals surface area contributed by atoms with Crippen LogP contribution in [-0.2, 0) is 17.5 Å². The lowest BCUT2D eigenvalue weighted by atomic mass is 9.98. The summed E-state index contributed by atoms with van der Waals surface area (Å²) in [6.45, 7) is -0.257. The predicted octanol–water partition coefficient (Wildman–Crippen LogP) is 7.15. The van der Waals surface area contributed by atoms with E-state index >= 15 is 0 Å². The van der Waals surface area contributed by atoms with Crippen molar-refractivity contribution in [2.24, 2.45) is 0 Å². The Hall–Kier alpha value is -3.89. The zero-order chi connectivity index (χ0) is 27.6. The predicted molar refractivity (Wildman–Crippen MR) is 140 cm³/mol. The van der Waals surface area contributed by atoms with E-state index in [-0.39, 0.29) is 45.3 Å². The van der Waals surface area contributed by atoms with E-state index in [4.69, 9.17) is 16.3 Å². The molecule has 0 aliphatic heterocycles. The summed E-state index contributed by atoms with van der Waals surface area (Å²) in [7, 11) is 0. The zero-order valence-corrected chi connectivity index (χ0v) is 21.6. The smallest absolute Gasteiger partial charge is 0.416 e. The highest BCUT2D eigenvalue weighted by molar-refractivity contribution is 7.99. The Balaban J connectivity index is 1.34. The molecule has 1 aliphatic rings. The summed E-state index contributed by atoms with van der Waals surface area (Å²) < 4.78 is 46.0. The van der Waals surface area contributed by atoms with Crippen LogP contribution in [0.15, 0.2) is 83.0 Å². The third kappa shape index (κ3) is 5.62. The van der Waals surface area contributed by atoms with Crippen LogP contribution in [0.2, 0.25) is 5.02 Å². The monoisotopic (exact) mass is 569 g/mol. The van der Waals surface area contributed by atoms with E-state index in [1.165, 1.54) is 12.4 Å². The first-order valence-corrected chi connectivity index (χ1v) is 12.9. The Labute approximate surface area is 230 Å². The summed E-state index contributed by atoms with van der Waals surface area (Å²) in [5.74, 6) is -0.171. The number of alkyl carbamates (subject to hydrolysis) is 1. The van der Waals surface area contributed by atoms with Crippen LogP contribution in [0.4, 0.5) is 18.0 Å². The van der Waals surface area contributed by atoms with Crippen molar-refractivity contribution in [1.29, 1.82) is 0 Å². The number of benzene rings is 3. The van der Waals surface area contributed by atoms with Crippen LogP contribution >= 0.6 is 23.4 Å². The second-order valence-electron chi connectivity index (χ2n) is 8.59. The molecule has 3 aromatic carbocycles. The van der Waals surface area contributed by atoms with E-state index in [1.54, 1.807) is 0 Å². The van der Waals surface area contributed by atoms with Gasteiger partial charge in [0.2, 0.25) is 0 Å². The fourth-order valence-corrected chi connectivity index (χ4v) is 5.75. The van der Waals surface area contributed by atoms with E-state index in [2.05, 4.69) is 15.3 Å². The SMILES string of the molecule is O=Cc1nccnc1Sc1c(Cl)cc(C(F)(F)F)cc1CNC(=O)OCC1c2ccccc2-c2ccccc21. The summed E-state index contributed by atoms with van der Waals surface area (Å²) in [6.07, 6.45) is -2.30. The van der Waals surface area contributed by atoms with Crippen LogP contribution < -0.4 is 5.32 Å². The Morgan fingerprint density at radius 1 is 1.03 bits per heavy atom. The number of rotatable bonds is 7. The molecule has 39 heavy (non-hydrogen) atoms. The molecule has 0 saturated heterocycles. The summed E-state index contributed by atoms with van der Waals surface area (Å²) in [5.41, 5.74) is 3.32. The van der Waals surface area contributed by atoms with Crippen LogP contribution in [0.25, 0.3) is 11.1 Å². The van der Waals surface area contributed by atoms with E-state index in [9.17, 15) is 22.8 Å². The molecule has 6 nitrogen and oxygen atoms in total. The van der Waals surface area contributed by atoms with Crippen molar-refractivity contribution in [3.8, 4) is 11.1 Å². The van der Waals surface area contributed by atoms with E-state index in [0.29, 0.717) is 6.29 Å². The Kier molecular flexibility index (Phi) is 7.58. The molecule has 0 saturated carbocycles. The number of aldehydes is 1. The maximum absolute atomic E-state index is 13.5. The number of nitrogens with zero attached hydrogens (tertiary/aromatic N) is 2. The van der Waals surface area contributed by atoms with Gasteiger partial charge < -0.3 is 10.1 Å². The molecule has 4 aromatic rings. The van der Waals surface area contributed by atoms with Crippen molar-refractivity contribution in [1.82, 2.24) is 15.3 Å². The fraction of sp³-hybridized carbons (Fsp3) is 0.143. The van der Waals surface area contributed by atoms with Gasteiger partial charge in [0.15, 0.2) is 6.29 Å². The van der Waals surface area contributed by atoms with Gasteiger partial charge in [-0.3, -0.25) is 4.79 Å². The van der Waals surface area contributed by atoms with Crippen molar-refractivity contribution < 1.29 is 27.5 Å². The number of aromatic nitrogens is 2. The van der Waals surface area contributed by atoms with Crippen LogP contribution in [-0.4, -0.2) is 29.0 Å². The summed E-state index contributed by atoms with van der Waals surface area (Å²) in [6, 6.07) is 17.4. The van der Waals surface area contributed by atoms with Crippen molar-refractivity contribution >= 4 is 35.7 Å². The molecule has 0 spiro atoms. The standard InChI is InChI=1S/C28H19ClF3N3O3S/c29-23-12-17(28(30,31)32)11-16(25(23)39-26-24(14-36)33-9-10-34-26)13-35-27(37)38-15-22-20-7-3-1-5-18(20)19-6-2-4-8-21(19)22/h1-12,14,22H,13,15H2,(H,35,37). The molecule has 11 heteroatoms. The lowest BCUT2D eigenvalue weighted by Crippen LogP contribution is -2.26. The van der Waals surface area contributed by atoms with Gasteiger partial charge >= 0.3 is 12.3 Å². The largest absolute Gasteiger partial charge is 0.449 e. The number of carbonyl (C=O) groups excluding carboxylic acids is 2. The Morgan fingerprint density at radius 3 is 2.31 bits per heavy atom. The molecule has 198 valence electrons. The van der Waals surface area contributed by atoms with E-state index in [1.807, 2.05) is 48.5 Å². The molecule has 1 N–H and O–H groups in total. The van der Waals surface area contributed by atoms with Crippen molar-refractivity contribution in [3.05, 3.63) is 106 Å². The first-order valence-electron chi connectivity index (χ1n) is 11.7. The third-order valence-corrected chi connectivity index (χ3v) is 7.82. The van der Waals surface area contributed by atoms with Gasteiger partial charge in [0.25, 0.3) is 0 Å². The molecule has 0 bridgehead atoms. The number of alkyl halides is 3. The minimum absolute atomic E-state index is 0.00825. The summed E-state index contributed by atoms with van der Waals surface area (Å²) in [5, 5.41) is 2.48. The molecule has 0 fully saturated rings. The molecule has 0 unspecified atom stereocenters. The van der Waals surface area contributed by atoms with Gasteiger partial charge in [0.05, 0.1) is 10.6 Å². The summed E-state index contributed by atoms with van der Waals surface area (Å²) >= 11 is 7.13. The van der Waals surface area contributed by atoms with E-state index in [0.717, 1.165) is 46.1 Å². The molecule has 5 rings (SSSR count). The van der Waals surface area contributed by atoms with Crippen LogP contribution in [0, 0.1) is 0 Å². The normalized spacial score (nSPS) is 12.5. The van der Waals surface area contributed by atoms with Crippen LogP contribution in [0.5, 0.6) is 0 Å². The second-order valence-corrected chi connectivity index (χ2v) is 10.00. The van der Waals surface area contributed by atoms with Gasteiger partial charge in [0.1, 0.15) is 17.3 Å². The fourth-order valence-electron chi connectivity index (χ4n) is 4.47. The van der Waals surface area contributed by atoms with Crippen molar-refractivity contribution in [2.45, 2.75) is 28.6 Å². The quantitative estimate of drug-likeness (QED) is 0.238. The van der Waals surface area contributed by atoms with Gasteiger partial charge in [-0.15, -0.1) is 0 Å². The van der Waals surface area contributed by atoms with Gasteiger partial charge in [-0.25, -0.2) is 14.8 Å². The van der Waals surface area contributed by atoms with Crippen LogP contribution in [0.3, 0.4) is 0 Å². The van der Waals surface area contributed by atoms with Gasteiger partial charge in [-0.1, -0.05) is 71.9 Å². The first-order chi connectivity index (χ1) is 18.8. The number of hydrogen-bond acceptors (Lipinski definition) is 6. The average Bonchev–Trinajstić information content (AvgIpc) is 3.25. The Morgan fingerprint density at radius 2 is 1.67 bits per heavy atom. The number of ether oxygens (including phenoxy) is 1. The number of hydrogen-bond donors (Lipinski definition) is 1. The highest BCUT2D eigenvalue weighted by Crippen LogP contribution is 2.44. The molecule has 0 atom stereocenters. The lowest BCUT2D eigenvalue weighted by molar-refractivity contribution is -0.137. The highest BCUT2D eigenvalue weighted by atomic mass is 35.5. The summed E-state index contributed by atoms with van der Waals surface area (Å²) in [4.78, 5) is 32.2. The molecule has 0 radical (unpaired) electrons. The molecule has 1 aromatic heterocycles. The maximum Gasteiger partial charge on any atom is 0.416 e. The number of fused-ring (bicyclic) bond motifs is 3. The first kappa shape index (κ1) is 26.7. The minimum Gasteiger partial charge on any atom is -0.449 e. The third-order valence-electron chi connectivity index (χ3n) is 6.22. The Bertz CT molecular complexity index is 1520.